The third-order valence-corrected chi connectivity index (χ3v) is 2.94. The Hall–Kier alpha value is -0.940. The third-order valence-electron chi connectivity index (χ3n) is 2.31. The van der Waals surface area contributed by atoms with Crippen LogP contribution in [0.2, 0.25) is 0 Å². The number of hydrogen-bond acceptors (Lipinski definition) is 3. The van der Waals surface area contributed by atoms with Gasteiger partial charge >= 0.3 is 0 Å². The van der Waals surface area contributed by atoms with Crippen LogP contribution in [0.5, 0.6) is 0 Å². The van der Waals surface area contributed by atoms with E-state index >= 15 is 0 Å². The lowest BCUT2D eigenvalue weighted by Gasteiger charge is -2.08. The topological polar surface area (TPSA) is 51.2 Å². The molecule has 0 saturated carbocycles. The van der Waals surface area contributed by atoms with Gasteiger partial charge < -0.3 is 10.1 Å². The molecule has 4 nitrogen and oxygen atoms in total. The highest BCUT2D eigenvalue weighted by Gasteiger charge is 2.08. The highest BCUT2D eigenvalue weighted by atomic mass is 79.9. The van der Waals surface area contributed by atoms with E-state index < -0.39 is 0 Å². The van der Waals surface area contributed by atoms with E-state index in [1.165, 1.54) is 0 Å². The van der Waals surface area contributed by atoms with Gasteiger partial charge in [0.1, 0.15) is 4.60 Å². The van der Waals surface area contributed by atoms with Gasteiger partial charge in [-0.25, -0.2) is 4.98 Å². The molecule has 0 aliphatic carbocycles. The summed E-state index contributed by atoms with van der Waals surface area (Å²) in [4.78, 5) is 15.8. The number of amides is 1. The van der Waals surface area contributed by atoms with Crippen molar-refractivity contribution in [2.75, 3.05) is 13.2 Å². The first-order valence-corrected chi connectivity index (χ1v) is 6.91. The third kappa shape index (κ3) is 5.60. The largest absolute Gasteiger partial charge is 0.379 e. The van der Waals surface area contributed by atoms with Crippen LogP contribution < -0.4 is 5.32 Å². The summed E-state index contributed by atoms with van der Waals surface area (Å²) < 4.78 is 6.00. The fourth-order valence-corrected chi connectivity index (χ4v) is 1.83. The Morgan fingerprint density at radius 2 is 2.28 bits per heavy atom. The van der Waals surface area contributed by atoms with Gasteiger partial charge in [-0.05, 0) is 54.8 Å². The van der Waals surface area contributed by atoms with Crippen molar-refractivity contribution in [1.82, 2.24) is 10.3 Å². The predicted molar refractivity (Wildman–Crippen MR) is 74.6 cm³/mol. The van der Waals surface area contributed by atoms with Crippen molar-refractivity contribution < 1.29 is 9.53 Å². The van der Waals surface area contributed by atoms with Crippen LogP contribution in [0.4, 0.5) is 0 Å². The zero-order valence-corrected chi connectivity index (χ0v) is 12.4. The molecule has 0 radical (unpaired) electrons. The van der Waals surface area contributed by atoms with E-state index in [2.05, 4.69) is 26.2 Å². The Morgan fingerprint density at radius 3 is 2.94 bits per heavy atom. The standard InChI is InChI=1S/C13H19BrN2O2/c1-10(2)18-9-4-3-7-16-13(17)11-6-5-8-15-12(11)14/h5-6,8,10H,3-4,7,9H2,1-2H3,(H,16,17). The fraction of sp³-hybridized carbons (Fsp3) is 0.538. The van der Waals surface area contributed by atoms with Crippen molar-refractivity contribution >= 4 is 21.8 Å². The van der Waals surface area contributed by atoms with E-state index in [1.54, 1.807) is 18.3 Å². The number of carbonyl (C=O) groups excluding carboxylic acids is 1. The van der Waals surface area contributed by atoms with Gasteiger partial charge in [-0.1, -0.05) is 0 Å². The first-order chi connectivity index (χ1) is 8.61. The van der Waals surface area contributed by atoms with E-state index in [4.69, 9.17) is 4.74 Å². The highest BCUT2D eigenvalue weighted by molar-refractivity contribution is 9.10. The van der Waals surface area contributed by atoms with Crippen LogP contribution in [0, 0.1) is 0 Å². The quantitative estimate of drug-likeness (QED) is 0.622. The summed E-state index contributed by atoms with van der Waals surface area (Å²) in [6.07, 6.45) is 3.78. The maximum absolute atomic E-state index is 11.8. The smallest absolute Gasteiger partial charge is 0.254 e. The van der Waals surface area contributed by atoms with Gasteiger partial charge in [-0.15, -0.1) is 0 Å². The van der Waals surface area contributed by atoms with Crippen LogP contribution >= 0.6 is 15.9 Å². The minimum atomic E-state index is -0.0975. The Morgan fingerprint density at radius 1 is 1.50 bits per heavy atom. The normalized spacial score (nSPS) is 10.7. The van der Waals surface area contributed by atoms with E-state index in [0.717, 1.165) is 19.4 Å². The Kier molecular flexibility index (Phi) is 6.90. The number of carbonyl (C=O) groups is 1. The van der Waals surface area contributed by atoms with Gasteiger partial charge in [-0.3, -0.25) is 4.79 Å². The first kappa shape index (κ1) is 15.1. The summed E-state index contributed by atoms with van der Waals surface area (Å²) in [5, 5.41) is 2.86. The zero-order chi connectivity index (χ0) is 13.4. The second-order valence-corrected chi connectivity index (χ2v) is 4.98. The predicted octanol–water partition coefficient (Wildman–Crippen LogP) is 2.78. The van der Waals surface area contributed by atoms with Crippen molar-refractivity contribution in [2.45, 2.75) is 32.8 Å². The Labute approximate surface area is 116 Å². The van der Waals surface area contributed by atoms with Gasteiger partial charge in [-0.2, -0.15) is 0 Å². The van der Waals surface area contributed by atoms with Crippen LogP contribution in [0.25, 0.3) is 0 Å². The molecule has 0 unspecified atom stereocenters. The Balaban J connectivity index is 2.20. The molecule has 1 N–H and O–H groups in total. The van der Waals surface area contributed by atoms with Crippen molar-refractivity contribution in [3.05, 3.63) is 28.5 Å². The number of rotatable bonds is 7. The molecule has 0 atom stereocenters. The van der Waals surface area contributed by atoms with Gasteiger partial charge in [0, 0.05) is 19.3 Å². The molecule has 1 amide bonds. The molecular weight excluding hydrogens is 296 g/mol. The van der Waals surface area contributed by atoms with Crippen molar-refractivity contribution in [3.8, 4) is 0 Å². The Bertz CT molecular complexity index is 383. The maximum atomic E-state index is 11.8. The van der Waals surface area contributed by atoms with Gasteiger partial charge in [0.2, 0.25) is 0 Å². The summed E-state index contributed by atoms with van der Waals surface area (Å²) in [6.45, 7) is 5.43. The van der Waals surface area contributed by atoms with Gasteiger partial charge in [0.05, 0.1) is 11.7 Å². The molecule has 1 aromatic rings. The van der Waals surface area contributed by atoms with E-state index in [0.29, 0.717) is 16.7 Å². The van der Waals surface area contributed by atoms with Crippen molar-refractivity contribution in [3.63, 3.8) is 0 Å². The number of nitrogens with one attached hydrogen (secondary N) is 1. The summed E-state index contributed by atoms with van der Waals surface area (Å²) in [6, 6.07) is 3.49. The molecule has 1 heterocycles. The second kappa shape index (κ2) is 8.21. The van der Waals surface area contributed by atoms with Crippen LogP contribution in [0.3, 0.4) is 0 Å². The molecule has 1 aromatic heterocycles. The number of halogens is 1. The lowest BCUT2D eigenvalue weighted by molar-refractivity contribution is 0.0754. The van der Waals surface area contributed by atoms with E-state index in [-0.39, 0.29) is 12.0 Å². The zero-order valence-electron chi connectivity index (χ0n) is 10.8. The number of unbranched alkanes of at least 4 members (excludes halogenated alkanes) is 1. The molecule has 0 aromatic carbocycles. The minimum absolute atomic E-state index is 0.0975. The molecule has 0 bridgehead atoms. The fourth-order valence-electron chi connectivity index (χ4n) is 1.40. The first-order valence-electron chi connectivity index (χ1n) is 6.11. The molecule has 0 aliphatic heterocycles. The van der Waals surface area contributed by atoms with Crippen LogP contribution in [0.15, 0.2) is 22.9 Å². The average Bonchev–Trinajstić information content (AvgIpc) is 2.33. The SMILES string of the molecule is CC(C)OCCCCNC(=O)c1cccnc1Br. The van der Waals surface area contributed by atoms with Crippen molar-refractivity contribution in [1.29, 1.82) is 0 Å². The summed E-state index contributed by atoms with van der Waals surface area (Å²) in [5.74, 6) is -0.0975. The molecular formula is C13H19BrN2O2. The molecule has 0 fully saturated rings. The van der Waals surface area contributed by atoms with Crippen molar-refractivity contribution in [2.24, 2.45) is 0 Å². The van der Waals surface area contributed by atoms with E-state index in [1.807, 2.05) is 13.8 Å². The van der Waals surface area contributed by atoms with Crippen LogP contribution in [-0.4, -0.2) is 30.1 Å². The maximum Gasteiger partial charge on any atom is 0.254 e. The molecule has 18 heavy (non-hydrogen) atoms. The lowest BCUT2D eigenvalue weighted by atomic mass is 10.2. The average molecular weight is 315 g/mol. The number of pyridine rings is 1. The number of aromatic nitrogens is 1. The number of hydrogen-bond donors (Lipinski definition) is 1. The summed E-state index contributed by atoms with van der Waals surface area (Å²) in [7, 11) is 0. The highest BCUT2D eigenvalue weighted by Crippen LogP contribution is 2.11. The van der Waals surface area contributed by atoms with Gasteiger partial charge in [0.25, 0.3) is 5.91 Å². The molecule has 0 aliphatic rings. The number of ether oxygens (including phenoxy) is 1. The molecule has 100 valence electrons. The second-order valence-electron chi connectivity index (χ2n) is 4.22. The monoisotopic (exact) mass is 314 g/mol. The summed E-state index contributed by atoms with van der Waals surface area (Å²) >= 11 is 3.25. The van der Waals surface area contributed by atoms with Crippen LogP contribution in [0.1, 0.15) is 37.0 Å². The molecule has 0 saturated heterocycles. The summed E-state index contributed by atoms with van der Waals surface area (Å²) in [5.41, 5.74) is 0.566. The lowest BCUT2D eigenvalue weighted by Crippen LogP contribution is -2.25. The van der Waals surface area contributed by atoms with E-state index in [9.17, 15) is 4.79 Å². The minimum Gasteiger partial charge on any atom is -0.379 e. The molecule has 0 spiro atoms. The van der Waals surface area contributed by atoms with Gasteiger partial charge in [0.15, 0.2) is 0 Å². The van der Waals surface area contributed by atoms with Crippen LogP contribution in [-0.2, 0) is 4.74 Å². The number of nitrogens with zero attached hydrogens (tertiary/aromatic N) is 1. The molecule has 1 rings (SSSR count). The molecule has 5 heteroatoms.